The molecular formula is C20H18N2O3. The zero-order valence-corrected chi connectivity index (χ0v) is 13.9. The summed E-state index contributed by atoms with van der Waals surface area (Å²) in [4.78, 5) is 16.6. The van der Waals surface area contributed by atoms with Crippen molar-refractivity contribution < 1.29 is 14.3 Å². The molecule has 0 radical (unpaired) electrons. The zero-order chi connectivity index (χ0) is 17.6. The third kappa shape index (κ3) is 3.77. The number of fused-ring (bicyclic) bond motifs is 1. The Labute approximate surface area is 145 Å². The third-order valence-electron chi connectivity index (χ3n) is 3.59. The highest BCUT2D eigenvalue weighted by Crippen LogP contribution is 2.28. The molecule has 25 heavy (non-hydrogen) atoms. The number of benzene rings is 1. The second-order valence-corrected chi connectivity index (χ2v) is 5.30. The van der Waals surface area contributed by atoms with Gasteiger partial charge in [0.25, 0.3) is 0 Å². The largest absolute Gasteiger partial charge is 0.493 e. The monoisotopic (exact) mass is 334 g/mol. The molecule has 0 saturated heterocycles. The number of imidazole rings is 1. The Morgan fingerprint density at radius 1 is 1.28 bits per heavy atom. The maximum Gasteiger partial charge on any atom is 0.205 e. The average Bonchev–Trinajstić information content (AvgIpc) is 3.09. The van der Waals surface area contributed by atoms with E-state index in [1.54, 1.807) is 31.5 Å². The smallest absolute Gasteiger partial charge is 0.205 e. The number of pyridine rings is 1. The molecule has 2 aromatic heterocycles. The van der Waals surface area contributed by atoms with Crippen LogP contribution in [0.25, 0.3) is 11.7 Å². The van der Waals surface area contributed by atoms with Crippen LogP contribution >= 0.6 is 0 Å². The molecule has 3 aromatic rings. The van der Waals surface area contributed by atoms with Crippen LogP contribution in [0.5, 0.6) is 11.5 Å². The molecule has 0 fully saturated rings. The number of hydrogen-bond acceptors (Lipinski definition) is 4. The molecule has 1 aromatic carbocycles. The minimum atomic E-state index is -0.158. The van der Waals surface area contributed by atoms with Crippen molar-refractivity contribution in [3.63, 3.8) is 0 Å². The second kappa shape index (κ2) is 7.49. The summed E-state index contributed by atoms with van der Waals surface area (Å²) in [5.74, 6) is 1.07. The number of aromatic nitrogens is 2. The quantitative estimate of drug-likeness (QED) is 0.375. The Kier molecular flexibility index (Phi) is 4.95. The summed E-state index contributed by atoms with van der Waals surface area (Å²) in [5.41, 5.74) is 1.98. The van der Waals surface area contributed by atoms with E-state index in [-0.39, 0.29) is 5.78 Å². The molecule has 0 aliphatic rings. The van der Waals surface area contributed by atoms with Crippen LogP contribution in [0, 0.1) is 0 Å². The van der Waals surface area contributed by atoms with Gasteiger partial charge >= 0.3 is 0 Å². The molecule has 0 aliphatic carbocycles. The van der Waals surface area contributed by atoms with Crippen LogP contribution in [-0.4, -0.2) is 28.9 Å². The lowest BCUT2D eigenvalue weighted by Crippen LogP contribution is -1.96. The van der Waals surface area contributed by atoms with E-state index in [4.69, 9.17) is 9.47 Å². The van der Waals surface area contributed by atoms with Crippen LogP contribution in [0.15, 0.2) is 67.5 Å². The molecule has 2 heterocycles. The summed E-state index contributed by atoms with van der Waals surface area (Å²) in [6.45, 7) is 4.02. The van der Waals surface area contributed by atoms with Gasteiger partial charge in [-0.1, -0.05) is 30.9 Å². The first kappa shape index (κ1) is 16.5. The number of nitrogens with zero attached hydrogens (tertiary/aromatic N) is 2. The number of hydrogen-bond donors (Lipinski definition) is 0. The molecule has 5 heteroatoms. The second-order valence-electron chi connectivity index (χ2n) is 5.30. The number of carbonyl (C=O) groups is 1. The molecule has 0 atom stereocenters. The lowest BCUT2D eigenvalue weighted by molar-refractivity contribution is 0.104. The number of ether oxygens (including phenoxy) is 2. The van der Waals surface area contributed by atoms with Crippen molar-refractivity contribution >= 4 is 17.5 Å². The van der Waals surface area contributed by atoms with E-state index in [0.29, 0.717) is 23.8 Å². The van der Waals surface area contributed by atoms with Gasteiger partial charge in [0.15, 0.2) is 11.5 Å². The van der Waals surface area contributed by atoms with Gasteiger partial charge in [-0.05, 0) is 35.9 Å². The highest BCUT2D eigenvalue weighted by Gasteiger charge is 2.08. The van der Waals surface area contributed by atoms with E-state index in [0.717, 1.165) is 11.2 Å². The maximum atomic E-state index is 12.3. The van der Waals surface area contributed by atoms with Crippen molar-refractivity contribution in [2.24, 2.45) is 0 Å². The van der Waals surface area contributed by atoms with Crippen LogP contribution in [0.3, 0.4) is 0 Å². The predicted molar refractivity (Wildman–Crippen MR) is 97.2 cm³/mol. The molecule has 0 amide bonds. The Balaban J connectivity index is 1.78. The highest BCUT2D eigenvalue weighted by atomic mass is 16.5. The first-order valence-corrected chi connectivity index (χ1v) is 7.79. The van der Waals surface area contributed by atoms with E-state index < -0.39 is 0 Å². The summed E-state index contributed by atoms with van der Waals surface area (Å²) < 4.78 is 12.6. The number of rotatable bonds is 7. The third-order valence-corrected chi connectivity index (χ3v) is 3.59. The van der Waals surface area contributed by atoms with E-state index in [9.17, 15) is 4.79 Å². The lowest BCUT2D eigenvalue weighted by Gasteiger charge is -2.09. The minimum absolute atomic E-state index is 0.158. The Morgan fingerprint density at radius 2 is 2.16 bits per heavy atom. The van der Waals surface area contributed by atoms with Crippen LogP contribution in [0.4, 0.5) is 0 Å². The summed E-state index contributed by atoms with van der Waals surface area (Å²) in [6.07, 6.45) is 8.47. The van der Waals surface area contributed by atoms with E-state index in [1.165, 1.54) is 6.08 Å². The Bertz CT molecular complexity index is 908. The van der Waals surface area contributed by atoms with Gasteiger partial charge in [0.05, 0.1) is 7.11 Å². The molecule has 126 valence electrons. The fourth-order valence-corrected chi connectivity index (χ4v) is 2.37. The van der Waals surface area contributed by atoms with E-state index in [2.05, 4.69) is 11.6 Å². The fourth-order valence-electron chi connectivity index (χ4n) is 2.37. The first-order valence-electron chi connectivity index (χ1n) is 7.79. The first-order chi connectivity index (χ1) is 12.2. The van der Waals surface area contributed by atoms with Gasteiger partial charge < -0.3 is 13.9 Å². The van der Waals surface area contributed by atoms with Crippen LogP contribution < -0.4 is 9.47 Å². The van der Waals surface area contributed by atoms with Gasteiger partial charge in [0.1, 0.15) is 17.9 Å². The normalized spacial score (nSPS) is 10.9. The number of carbonyl (C=O) groups excluding carboxylic acids is 1. The van der Waals surface area contributed by atoms with Crippen LogP contribution in [0.1, 0.15) is 16.1 Å². The van der Waals surface area contributed by atoms with Crippen molar-refractivity contribution in [1.29, 1.82) is 0 Å². The van der Waals surface area contributed by atoms with Crippen molar-refractivity contribution in [2.45, 2.75) is 0 Å². The summed E-state index contributed by atoms with van der Waals surface area (Å²) in [5, 5.41) is 0. The molecule has 0 saturated carbocycles. The molecule has 0 unspecified atom stereocenters. The van der Waals surface area contributed by atoms with Crippen molar-refractivity contribution in [3.05, 3.63) is 78.8 Å². The number of ketones is 1. The number of allylic oxidation sites excluding steroid dienone is 1. The summed E-state index contributed by atoms with van der Waals surface area (Å²) in [6, 6.07) is 11.1. The van der Waals surface area contributed by atoms with Gasteiger partial charge in [-0.25, -0.2) is 4.98 Å². The number of methoxy groups -OCH3 is 1. The summed E-state index contributed by atoms with van der Waals surface area (Å²) in [7, 11) is 1.57. The van der Waals surface area contributed by atoms with Gasteiger partial charge in [-0.2, -0.15) is 0 Å². The highest BCUT2D eigenvalue weighted by molar-refractivity contribution is 6.05. The molecule has 0 spiro atoms. The molecule has 0 aliphatic heterocycles. The van der Waals surface area contributed by atoms with Gasteiger partial charge in [0.2, 0.25) is 5.78 Å². The SMILES string of the molecule is C=CCOc1ccc(C=CC(=O)c2cn3ccccc3n2)cc1OC. The van der Waals surface area contributed by atoms with E-state index in [1.807, 2.05) is 40.9 Å². The fraction of sp³-hybridized carbons (Fsp3) is 0.100. The molecule has 0 N–H and O–H groups in total. The minimum Gasteiger partial charge on any atom is -0.493 e. The van der Waals surface area contributed by atoms with Crippen molar-refractivity contribution in [1.82, 2.24) is 9.38 Å². The topological polar surface area (TPSA) is 52.8 Å². The Morgan fingerprint density at radius 3 is 2.92 bits per heavy atom. The van der Waals surface area contributed by atoms with Crippen LogP contribution in [-0.2, 0) is 0 Å². The van der Waals surface area contributed by atoms with E-state index >= 15 is 0 Å². The molecule has 0 bridgehead atoms. The zero-order valence-electron chi connectivity index (χ0n) is 13.9. The standard InChI is InChI=1S/C20H18N2O3/c1-3-12-25-18-10-8-15(13-19(18)24-2)7-9-17(23)16-14-22-11-5-4-6-20(22)21-16/h3-11,13-14H,1,12H2,2H3. The van der Waals surface area contributed by atoms with Gasteiger partial charge in [-0.3, -0.25) is 4.79 Å². The van der Waals surface area contributed by atoms with Crippen molar-refractivity contribution in [3.8, 4) is 11.5 Å². The van der Waals surface area contributed by atoms with Gasteiger partial charge in [-0.15, -0.1) is 0 Å². The molecule has 5 nitrogen and oxygen atoms in total. The predicted octanol–water partition coefficient (Wildman–Crippen LogP) is 3.80. The average molecular weight is 334 g/mol. The lowest BCUT2D eigenvalue weighted by atomic mass is 10.1. The molecular weight excluding hydrogens is 316 g/mol. The van der Waals surface area contributed by atoms with Gasteiger partial charge in [0, 0.05) is 12.4 Å². The molecule has 3 rings (SSSR count). The summed E-state index contributed by atoms with van der Waals surface area (Å²) >= 11 is 0. The maximum absolute atomic E-state index is 12.3. The van der Waals surface area contributed by atoms with Crippen molar-refractivity contribution in [2.75, 3.05) is 13.7 Å². The Hall–Kier alpha value is -3.34. The van der Waals surface area contributed by atoms with Crippen LogP contribution in [0.2, 0.25) is 0 Å².